The van der Waals surface area contributed by atoms with Gasteiger partial charge in [-0.1, -0.05) is 25.5 Å². The fourth-order valence-electron chi connectivity index (χ4n) is 3.86. The van der Waals surface area contributed by atoms with E-state index in [2.05, 4.69) is 19.9 Å². The summed E-state index contributed by atoms with van der Waals surface area (Å²) in [6, 6.07) is 2.82. The van der Waals surface area contributed by atoms with Gasteiger partial charge in [-0.15, -0.1) is 0 Å². The van der Waals surface area contributed by atoms with E-state index >= 15 is 0 Å². The van der Waals surface area contributed by atoms with Gasteiger partial charge in [0.05, 0.1) is 28.1 Å². The Balaban J connectivity index is 1.71. The second kappa shape index (κ2) is 6.19. The molecule has 0 saturated heterocycles. The van der Waals surface area contributed by atoms with Crippen molar-refractivity contribution in [3.63, 3.8) is 0 Å². The highest BCUT2D eigenvalue weighted by Gasteiger charge is 2.58. The van der Waals surface area contributed by atoms with Gasteiger partial charge in [-0.2, -0.15) is 0 Å². The Kier molecular flexibility index (Phi) is 4.29. The van der Waals surface area contributed by atoms with Gasteiger partial charge in [-0.05, 0) is 30.6 Å². The van der Waals surface area contributed by atoms with Gasteiger partial charge in [-0.25, -0.2) is 4.79 Å². The summed E-state index contributed by atoms with van der Waals surface area (Å²) in [4.78, 5) is 32.6. The standard InChI is InChI=1S/C18H20N2O6/c1-10-4-15-16(18(15,2)3)7-12(10)9-26-17(21)11-5-13(19(22)23)8-14(6-11)20(24)25/h4-6,8,12,15-16H,7,9H2,1-3H3. The maximum Gasteiger partial charge on any atom is 0.338 e. The third-order valence-corrected chi connectivity index (χ3v) is 5.74. The Labute approximate surface area is 150 Å². The molecule has 1 saturated carbocycles. The van der Waals surface area contributed by atoms with E-state index in [4.69, 9.17) is 4.74 Å². The van der Waals surface area contributed by atoms with Crippen LogP contribution in [0.3, 0.4) is 0 Å². The number of allylic oxidation sites excluding steroid dienone is 1. The van der Waals surface area contributed by atoms with Crippen molar-refractivity contribution in [2.24, 2.45) is 23.2 Å². The van der Waals surface area contributed by atoms with Crippen LogP contribution in [0.2, 0.25) is 0 Å². The van der Waals surface area contributed by atoms with Crippen LogP contribution in [0.5, 0.6) is 0 Å². The summed E-state index contributed by atoms with van der Waals surface area (Å²) in [6.45, 7) is 6.63. The van der Waals surface area contributed by atoms with Crippen molar-refractivity contribution in [2.75, 3.05) is 6.61 Å². The molecule has 0 aromatic heterocycles. The molecular weight excluding hydrogens is 340 g/mol. The third-order valence-electron chi connectivity index (χ3n) is 5.74. The number of nitro groups is 2. The number of nitrogens with zero attached hydrogens (tertiary/aromatic N) is 2. The molecule has 0 heterocycles. The lowest BCUT2D eigenvalue weighted by molar-refractivity contribution is -0.394. The number of esters is 1. The molecule has 1 aromatic rings. The molecule has 8 heteroatoms. The number of nitro benzene ring substituents is 2. The molecule has 8 nitrogen and oxygen atoms in total. The van der Waals surface area contributed by atoms with Crippen LogP contribution in [-0.4, -0.2) is 22.4 Å². The highest BCUT2D eigenvalue weighted by Crippen LogP contribution is 2.64. The molecule has 26 heavy (non-hydrogen) atoms. The topological polar surface area (TPSA) is 113 Å². The lowest BCUT2D eigenvalue weighted by atomic mass is 9.89. The minimum Gasteiger partial charge on any atom is -0.461 e. The molecule has 1 fully saturated rings. The largest absolute Gasteiger partial charge is 0.461 e. The molecule has 0 radical (unpaired) electrons. The monoisotopic (exact) mass is 360 g/mol. The maximum atomic E-state index is 12.3. The van der Waals surface area contributed by atoms with Crippen LogP contribution in [0.1, 0.15) is 37.6 Å². The van der Waals surface area contributed by atoms with Crippen molar-refractivity contribution in [3.05, 3.63) is 55.6 Å². The van der Waals surface area contributed by atoms with Crippen LogP contribution in [0, 0.1) is 43.4 Å². The summed E-state index contributed by atoms with van der Waals surface area (Å²) in [5.74, 6) is 0.472. The predicted molar refractivity (Wildman–Crippen MR) is 92.7 cm³/mol. The first-order valence-electron chi connectivity index (χ1n) is 8.40. The molecule has 0 N–H and O–H groups in total. The molecular formula is C18H20N2O6. The van der Waals surface area contributed by atoms with Gasteiger partial charge >= 0.3 is 5.97 Å². The van der Waals surface area contributed by atoms with E-state index in [1.54, 1.807) is 0 Å². The van der Waals surface area contributed by atoms with Crippen LogP contribution < -0.4 is 0 Å². The lowest BCUT2D eigenvalue weighted by Crippen LogP contribution is -2.18. The summed E-state index contributed by atoms with van der Waals surface area (Å²) in [7, 11) is 0. The van der Waals surface area contributed by atoms with Crippen LogP contribution in [0.15, 0.2) is 29.8 Å². The number of non-ortho nitro benzene ring substituents is 2. The zero-order valence-electron chi connectivity index (χ0n) is 14.8. The molecule has 3 rings (SSSR count). The van der Waals surface area contributed by atoms with Gasteiger partial charge in [0.2, 0.25) is 0 Å². The van der Waals surface area contributed by atoms with Crippen molar-refractivity contribution in [2.45, 2.75) is 27.2 Å². The molecule has 1 aromatic carbocycles. The maximum absolute atomic E-state index is 12.3. The van der Waals surface area contributed by atoms with Crippen LogP contribution in [0.25, 0.3) is 0 Å². The quantitative estimate of drug-likeness (QED) is 0.341. The van der Waals surface area contributed by atoms with E-state index in [9.17, 15) is 25.0 Å². The van der Waals surface area contributed by atoms with Crippen LogP contribution in [0.4, 0.5) is 11.4 Å². The van der Waals surface area contributed by atoms with E-state index in [1.165, 1.54) is 5.57 Å². The molecule has 0 amide bonds. The number of ether oxygens (including phenoxy) is 1. The number of rotatable bonds is 5. The van der Waals surface area contributed by atoms with E-state index in [0.717, 1.165) is 24.6 Å². The molecule has 3 unspecified atom stereocenters. The molecule has 0 bridgehead atoms. The Hall–Kier alpha value is -2.77. The van der Waals surface area contributed by atoms with E-state index in [0.29, 0.717) is 11.8 Å². The zero-order chi connectivity index (χ0) is 19.2. The van der Waals surface area contributed by atoms with Crippen molar-refractivity contribution >= 4 is 17.3 Å². The van der Waals surface area contributed by atoms with Gasteiger partial charge in [-0.3, -0.25) is 20.2 Å². The molecule has 2 aliphatic rings. The average Bonchev–Trinajstić information content (AvgIpc) is 3.11. The van der Waals surface area contributed by atoms with E-state index in [-0.39, 0.29) is 23.5 Å². The Bertz CT molecular complexity index is 797. The van der Waals surface area contributed by atoms with Gasteiger partial charge in [0.15, 0.2) is 0 Å². The van der Waals surface area contributed by atoms with Gasteiger partial charge < -0.3 is 4.74 Å². The summed E-state index contributed by atoms with van der Waals surface area (Å²) in [6.07, 6.45) is 3.17. The summed E-state index contributed by atoms with van der Waals surface area (Å²) < 4.78 is 5.32. The van der Waals surface area contributed by atoms with E-state index < -0.39 is 27.2 Å². The van der Waals surface area contributed by atoms with Gasteiger partial charge in [0.25, 0.3) is 11.4 Å². The Morgan fingerprint density at radius 3 is 2.31 bits per heavy atom. The summed E-state index contributed by atoms with van der Waals surface area (Å²) in [5, 5.41) is 21.8. The highest BCUT2D eigenvalue weighted by molar-refractivity contribution is 5.91. The van der Waals surface area contributed by atoms with Crippen molar-refractivity contribution in [1.82, 2.24) is 0 Å². The summed E-state index contributed by atoms with van der Waals surface area (Å²) in [5.41, 5.74) is 0.244. The van der Waals surface area contributed by atoms with E-state index in [1.807, 2.05) is 6.92 Å². The second-order valence-corrected chi connectivity index (χ2v) is 7.65. The smallest absolute Gasteiger partial charge is 0.338 e. The molecule has 3 atom stereocenters. The molecule has 138 valence electrons. The molecule has 0 aliphatic heterocycles. The first kappa shape index (κ1) is 18.0. The number of hydrogen-bond donors (Lipinski definition) is 0. The highest BCUT2D eigenvalue weighted by atomic mass is 16.6. The summed E-state index contributed by atoms with van der Waals surface area (Å²) >= 11 is 0. The average molecular weight is 360 g/mol. The molecule has 0 spiro atoms. The van der Waals surface area contributed by atoms with Crippen LogP contribution in [-0.2, 0) is 4.74 Å². The minimum atomic E-state index is -0.790. The van der Waals surface area contributed by atoms with Crippen molar-refractivity contribution in [1.29, 1.82) is 0 Å². The van der Waals surface area contributed by atoms with Crippen LogP contribution >= 0.6 is 0 Å². The lowest BCUT2D eigenvalue weighted by Gasteiger charge is -2.21. The van der Waals surface area contributed by atoms with Gasteiger partial charge in [0, 0.05) is 18.1 Å². The van der Waals surface area contributed by atoms with Gasteiger partial charge in [0.1, 0.15) is 0 Å². The fourth-order valence-corrected chi connectivity index (χ4v) is 3.86. The Morgan fingerprint density at radius 1 is 1.19 bits per heavy atom. The first-order chi connectivity index (χ1) is 12.1. The number of benzene rings is 1. The SMILES string of the molecule is CC1=CC2C(CC1COC(=O)c1cc([N+](=O)[O-])cc([N+](=O)[O-])c1)C2(C)C. The predicted octanol–water partition coefficient (Wildman–Crippen LogP) is 3.90. The number of hydrogen-bond acceptors (Lipinski definition) is 6. The minimum absolute atomic E-state index is 0.107. The normalized spacial score (nSPS) is 25.7. The van der Waals surface area contributed by atoms with Crippen molar-refractivity contribution < 1.29 is 19.4 Å². The number of fused-ring (bicyclic) bond motifs is 1. The zero-order valence-corrected chi connectivity index (χ0v) is 14.8. The molecule has 2 aliphatic carbocycles. The number of carbonyl (C=O) groups is 1. The third kappa shape index (κ3) is 3.18. The number of carbonyl (C=O) groups excluding carboxylic acids is 1. The fraction of sp³-hybridized carbons (Fsp3) is 0.500. The first-order valence-corrected chi connectivity index (χ1v) is 8.40. The van der Waals surface area contributed by atoms with Crippen molar-refractivity contribution in [3.8, 4) is 0 Å². The second-order valence-electron chi connectivity index (χ2n) is 7.65. The Morgan fingerprint density at radius 2 is 1.77 bits per heavy atom.